The molecule has 0 aliphatic carbocycles. The molecule has 20 heavy (non-hydrogen) atoms. The Kier molecular flexibility index (Phi) is 5.19. The van der Waals surface area contributed by atoms with E-state index in [9.17, 15) is 8.42 Å². The number of nitrogens with one attached hydrogen (secondary N) is 2. The van der Waals surface area contributed by atoms with Gasteiger partial charge in [0.05, 0.1) is 0 Å². The number of hydrogen-bond acceptors (Lipinski definition) is 5. The zero-order valence-electron chi connectivity index (χ0n) is 12.3. The van der Waals surface area contributed by atoms with Crippen molar-refractivity contribution in [2.75, 3.05) is 27.2 Å². The quantitative estimate of drug-likeness (QED) is 0.855. The van der Waals surface area contributed by atoms with Gasteiger partial charge < -0.3 is 10.2 Å². The molecule has 5 nitrogen and oxygen atoms in total. The average Bonchev–Trinajstić information content (AvgIpc) is 2.75. The highest BCUT2D eigenvalue weighted by atomic mass is 32.2. The first-order valence-electron chi connectivity index (χ1n) is 6.87. The summed E-state index contributed by atoms with van der Waals surface area (Å²) in [4.78, 5) is 3.31. The summed E-state index contributed by atoms with van der Waals surface area (Å²) >= 11 is 1.36. The van der Waals surface area contributed by atoms with Crippen LogP contribution in [0.2, 0.25) is 0 Å². The van der Waals surface area contributed by atoms with Crippen LogP contribution in [0.25, 0.3) is 0 Å². The second-order valence-electron chi connectivity index (χ2n) is 5.40. The minimum absolute atomic E-state index is 0.0614. The molecule has 2 N–H and O–H groups in total. The number of piperidine rings is 1. The molecule has 7 heteroatoms. The molecular weight excluding hydrogens is 294 g/mol. The van der Waals surface area contributed by atoms with E-state index in [1.807, 2.05) is 14.0 Å². The number of likely N-dealkylation sites (tertiary alicyclic amines) is 1. The third-order valence-corrected chi connectivity index (χ3v) is 6.87. The van der Waals surface area contributed by atoms with Gasteiger partial charge in [0.1, 0.15) is 4.21 Å². The van der Waals surface area contributed by atoms with Crippen molar-refractivity contribution in [1.29, 1.82) is 0 Å². The maximum Gasteiger partial charge on any atom is 0.250 e. The van der Waals surface area contributed by atoms with Gasteiger partial charge in [0.2, 0.25) is 10.0 Å². The normalized spacial score (nSPS) is 18.6. The Morgan fingerprint density at radius 3 is 2.65 bits per heavy atom. The Balaban J connectivity index is 2.08. The Bertz CT molecular complexity index is 546. The van der Waals surface area contributed by atoms with Gasteiger partial charge in [0, 0.05) is 17.5 Å². The maximum absolute atomic E-state index is 12.4. The Morgan fingerprint density at radius 1 is 1.40 bits per heavy atom. The molecule has 1 aliphatic heterocycles. The number of hydrogen-bond donors (Lipinski definition) is 2. The van der Waals surface area contributed by atoms with Crippen LogP contribution < -0.4 is 10.0 Å². The second kappa shape index (κ2) is 6.53. The number of sulfonamides is 1. The standard InChI is InChI=1S/C13H23N3O2S2/c1-10-8-13(19-12(10)9-14-2)20(17,18)15-11-4-6-16(3)7-5-11/h8,11,14-15H,4-7,9H2,1-3H3. The van der Waals surface area contributed by atoms with E-state index >= 15 is 0 Å². The number of aryl methyl sites for hydroxylation is 1. The van der Waals surface area contributed by atoms with Gasteiger partial charge in [-0.3, -0.25) is 0 Å². The molecule has 0 unspecified atom stereocenters. The largest absolute Gasteiger partial charge is 0.315 e. The first kappa shape index (κ1) is 15.9. The maximum atomic E-state index is 12.4. The van der Waals surface area contributed by atoms with Crippen molar-refractivity contribution in [3.05, 3.63) is 16.5 Å². The minimum atomic E-state index is -3.38. The average molecular weight is 317 g/mol. The summed E-state index contributed by atoms with van der Waals surface area (Å²) in [5.41, 5.74) is 1.04. The van der Waals surface area contributed by atoms with E-state index in [1.54, 1.807) is 6.07 Å². The van der Waals surface area contributed by atoms with Crippen LogP contribution in [0, 0.1) is 6.92 Å². The molecule has 2 heterocycles. The molecule has 1 aromatic heterocycles. The Morgan fingerprint density at radius 2 is 2.05 bits per heavy atom. The van der Waals surface area contributed by atoms with Gasteiger partial charge >= 0.3 is 0 Å². The highest BCUT2D eigenvalue weighted by Crippen LogP contribution is 2.26. The topological polar surface area (TPSA) is 61.4 Å². The predicted molar refractivity (Wildman–Crippen MR) is 82.7 cm³/mol. The molecule has 0 saturated carbocycles. The fourth-order valence-corrected chi connectivity index (χ4v) is 5.28. The third-order valence-electron chi connectivity index (χ3n) is 3.64. The van der Waals surface area contributed by atoms with E-state index in [0.717, 1.165) is 36.4 Å². The Labute approximate surface area is 125 Å². The fourth-order valence-electron chi connectivity index (χ4n) is 2.36. The van der Waals surface area contributed by atoms with Gasteiger partial charge in [-0.25, -0.2) is 13.1 Å². The molecule has 1 fully saturated rings. The van der Waals surface area contributed by atoms with Gasteiger partial charge in [-0.2, -0.15) is 0 Å². The number of rotatable bonds is 5. The lowest BCUT2D eigenvalue weighted by Gasteiger charge is -2.29. The zero-order chi connectivity index (χ0) is 14.8. The zero-order valence-corrected chi connectivity index (χ0v) is 13.9. The molecule has 1 aliphatic rings. The number of thiophene rings is 1. The van der Waals surface area contributed by atoms with E-state index in [1.165, 1.54) is 11.3 Å². The highest BCUT2D eigenvalue weighted by Gasteiger charge is 2.25. The van der Waals surface area contributed by atoms with Crippen molar-refractivity contribution in [3.63, 3.8) is 0 Å². The van der Waals surface area contributed by atoms with Crippen molar-refractivity contribution in [2.24, 2.45) is 0 Å². The van der Waals surface area contributed by atoms with Crippen LogP contribution >= 0.6 is 11.3 Å². The van der Waals surface area contributed by atoms with Crippen LogP contribution in [-0.4, -0.2) is 46.5 Å². The lowest BCUT2D eigenvalue weighted by Crippen LogP contribution is -2.43. The molecule has 0 radical (unpaired) electrons. The number of nitrogens with zero attached hydrogens (tertiary/aromatic N) is 1. The van der Waals surface area contributed by atoms with Crippen molar-refractivity contribution in [1.82, 2.24) is 14.9 Å². The monoisotopic (exact) mass is 317 g/mol. The van der Waals surface area contributed by atoms with Gasteiger partial charge in [-0.15, -0.1) is 11.3 Å². The molecular formula is C13H23N3O2S2. The summed E-state index contributed by atoms with van der Waals surface area (Å²) in [7, 11) is 0.557. The minimum Gasteiger partial charge on any atom is -0.315 e. The van der Waals surface area contributed by atoms with Gasteiger partial charge in [0.25, 0.3) is 0 Å². The van der Waals surface area contributed by atoms with Crippen LogP contribution in [0.5, 0.6) is 0 Å². The lowest BCUT2D eigenvalue weighted by molar-refractivity contribution is 0.248. The van der Waals surface area contributed by atoms with Gasteiger partial charge in [-0.05, 0) is 58.6 Å². The van der Waals surface area contributed by atoms with Crippen LogP contribution in [0.15, 0.2) is 10.3 Å². The fraction of sp³-hybridized carbons (Fsp3) is 0.692. The molecule has 1 saturated heterocycles. The van der Waals surface area contributed by atoms with Crippen molar-refractivity contribution >= 4 is 21.4 Å². The second-order valence-corrected chi connectivity index (χ2v) is 8.48. The smallest absolute Gasteiger partial charge is 0.250 e. The van der Waals surface area contributed by atoms with Crippen LogP contribution in [-0.2, 0) is 16.6 Å². The van der Waals surface area contributed by atoms with Crippen LogP contribution in [0.3, 0.4) is 0 Å². The molecule has 0 spiro atoms. The van der Waals surface area contributed by atoms with Gasteiger partial charge in [-0.1, -0.05) is 0 Å². The van der Waals surface area contributed by atoms with Crippen molar-refractivity contribution < 1.29 is 8.42 Å². The highest BCUT2D eigenvalue weighted by molar-refractivity contribution is 7.91. The molecule has 1 aromatic rings. The van der Waals surface area contributed by atoms with Crippen molar-refractivity contribution in [3.8, 4) is 0 Å². The SMILES string of the molecule is CNCc1sc(S(=O)(=O)NC2CCN(C)CC2)cc1C. The summed E-state index contributed by atoms with van der Waals surface area (Å²) in [6, 6.07) is 1.83. The van der Waals surface area contributed by atoms with Crippen LogP contribution in [0.4, 0.5) is 0 Å². The summed E-state index contributed by atoms with van der Waals surface area (Å²) in [5, 5.41) is 3.07. The molecule has 114 valence electrons. The van der Waals surface area contributed by atoms with Crippen LogP contribution in [0.1, 0.15) is 23.3 Å². The predicted octanol–water partition coefficient (Wildman–Crippen LogP) is 1.15. The summed E-state index contributed by atoms with van der Waals surface area (Å²) in [5.74, 6) is 0. The first-order valence-corrected chi connectivity index (χ1v) is 9.17. The molecule has 2 rings (SSSR count). The van der Waals surface area contributed by atoms with E-state index in [0.29, 0.717) is 10.8 Å². The van der Waals surface area contributed by atoms with Crippen molar-refractivity contribution in [2.45, 2.75) is 36.6 Å². The lowest BCUT2D eigenvalue weighted by atomic mass is 10.1. The van der Waals surface area contributed by atoms with E-state index in [4.69, 9.17) is 0 Å². The van der Waals surface area contributed by atoms with Gasteiger partial charge in [0.15, 0.2) is 0 Å². The van der Waals surface area contributed by atoms with E-state index in [2.05, 4.69) is 22.0 Å². The summed E-state index contributed by atoms with van der Waals surface area (Å²) in [6.07, 6.45) is 1.76. The summed E-state index contributed by atoms with van der Waals surface area (Å²) < 4.78 is 28.1. The molecule has 0 amide bonds. The van der Waals surface area contributed by atoms with E-state index < -0.39 is 10.0 Å². The first-order chi connectivity index (χ1) is 9.42. The molecule has 0 atom stereocenters. The Hall–Kier alpha value is -0.470. The molecule has 0 bridgehead atoms. The third kappa shape index (κ3) is 3.79. The van der Waals surface area contributed by atoms with E-state index in [-0.39, 0.29) is 6.04 Å². The molecule has 0 aromatic carbocycles. The summed E-state index contributed by atoms with van der Waals surface area (Å²) in [6.45, 7) is 4.56.